The first-order chi connectivity index (χ1) is 15.3. The molecular weight excluding hydrogens is 512 g/mol. The highest BCUT2D eigenvalue weighted by Crippen LogP contribution is 2.31. The Balaban J connectivity index is 0.000000174. The summed E-state index contributed by atoms with van der Waals surface area (Å²) in [6.45, 7) is 4.54. The van der Waals surface area contributed by atoms with Crippen LogP contribution < -0.4 is 5.32 Å². The SMILES string of the molecule is Cc1csc2nc(Cl)nc(Cl)c12.Cc1csc2nc(Cl)nc(NCc3ccc(F)cc3)c12. The first-order valence-electron chi connectivity index (χ1n) is 9.28. The lowest BCUT2D eigenvalue weighted by Crippen LogP contribution is -2.03. The first kappa shape index (κ1) is 23.1. The van der Waals surface area contributed by atoms with E-state index >= 15 is 0 Å². The third-order valence-corrected chi connectivity index (χ3v) is 7.10. The van der Waals surface area contributed by atoms with Gasteiger partial charge in [0.25, 0.3) is 0 Å². The molecule has 5 rings (SSSR count). The van der Waals surface area contributed by atoms with Gasteiger partial charge in [0.15, 0.2) is 0 Å². The molecule has 1 aromatic carbocycles. The molecule has 164 valence electrons. The molecule has 0 bridgehead atoms. The van der Waals surface area contributed by atoms with Crippen molar-refractivity contribution in [2.75, 3.05) is 5.32 Å². The Labute approximate surface area is 206 Å². The molecule has 0 amide bonds. The van der Waals surface area contributed by atoms with Crippen LogP contribution in [-0.2, 0) is 6.54 Å². The van der Waals surface area contributed by atoms with Crippen LogP contribution in [0.2, 0.25) is 15.7 Å². The van der Waals surface area contributed by atoms with Crippen LogP contribution in [0.5, 0.6) is 0 Å². The summed E-state index contributed by atoms with van der Waals surface area (Å²) in [4.78, 5) is 18.1. The van der Waals surface area contributed by atoms with Gasteiger partial charge in [-0.05, 0) is 76.6 Å². The number of benzene rings is 1. The van der Waals surface area contributed by atoms with E-state index < -0.39 is 0 Å². The van der Waals surface area contributed by atoms with E-state index in [1.165, 1.54) is 23.5 Å². The molecule has 11 heteroatoms. The Morgan fingerprint density at radius 3 is 2.03 bits per heavy atom. The maximum absolute atomic E-state index is 12.9. The quantitative estimate of drug-likeness (QED) is 0.193. The second kappa shape index (κ2) is 9.80. The van der Waals surface area contributed by atoms with E-state index in [2.05, 4.69) is 25.3 Å². The molecule has 4 aromatic heterocycles. The zero-order valence-electron chi connectivity index (χ0n) is 16.8. The highest BCUT2D eigenvalue weighted by molar-refractivity contribution is 7.17. The van der Waals surface area contributed by atoms with Crippen LogP contribution in [0.4, 0.5) is 10.2 Å². The van der Waals surface area contributed by atoms with Gasteiger partial charge in [-0.15, -0.1) is 22.7 Å². The van der Waals surface area contributed by atoms with Crippen molar-refractivity contribution in [2.45, 2.75) is 20.4 Å². The van der Waals surface area contributed by atoms with E-state index in [-0.39, 0.29) is 16.4 Å². The highest BCUT2D eigenvalue weighted by Gasteiger charge is 2.11. The van der Waals surface area contributed by atoms with Crippen molar-refractivity contribution in [3.63, 3.8) is 0 Å². The summed E-state index contributed by atoms with van der Waals surface area (Å²) in [6.07, 6.45) is 0. The van der Waals surface area contributed by atoms with Crippen molar-refractivity contribution in [1.29, 1.82) is 0 Å². The Bertz CT molecular complexity index is 1400. The molecule has 5 aromatic rings. The number of rotatable bonds is 3. The molecule has 0 saturated carbocycles. The Morgan fingerprint density at radius 2 is 1.38 bits per heavy atom. The fourth-order valence-electron chi connectivity index (χ4n) is 2.98. The predicted octanol–water partition coefficient (Wildman–Crippen LogP) is 7.71. The van der Waals surface area contributed by atoms with Gasteiger partial charge in [-0.2, -0.15) is 0 Å². The summed E-state index contributed by atoms with van der Waals surface area (Å²) < 4.78 is 12.9. The Kier molecular flexibility index (Phi) is 7.07. The van der Waals surface area contributed by atoms with E-state index in [9.17, 15) is 4.39 Å². The number of halogens is 4. The number of aryl methyl sites for hydroxylation is 2. The molecule has 0 fully saturated rings. The number of hydrogen-bond acceptors (Lipinski definition) is 7. The van der Waals surface area contributed by atoms with E-state index in [0.29, 0.717) is 17.5 Å². The second-order valence-corrected chi connectivity index (χ2v) is 9.55. The van der Waals surface area contributed by atoms with E-state index in [4.69, 9.17) is 34.8 Å². The minimum atomic E-state index is -0.241. The van der Waals surface area contributed by atoms with Gasteiger partial charge in [0.2, 0.25) is 10.6 Å². The third-order valence-electron chi connectivity index (χ3n) is 4.51. The maximum Gasteiger partial charge on any atom is 0.225 e. The summed E-state index contributed by atoms with van der Waals surface area (Å²) in [6, 6.07) is 6.36. The normalized spacial score (nSPS) is 10.9. The van der Waals surface area contributed by atoms with Crippen molar-refractivity contribution in [3.05, 3.63) is 73.3 Å². The molecule has 0 aliphatic carbocycles. The van der Waals surface area contributed by atoms with Gasteiger partial charge < -0.3 is 5.32 Å². The standard InChI is InChI=1S/C14H11ClFN3S.C7H4Cl2N2S/c1-8-7-20-13-11(8)12(18-14(15)19-13)17-6-9-2-4-10(16)5-3-9;1-3-2-12-6-4(3)5(8)10-7(9)11-6/h2-5,7H,6H2,1H3,(H,17,18,19);2H,1H3. The smallest absolute Gasteiger partial charge is 0.225 e. The average Bonchev–Trinajstić information content (AvgIpc) is 3.30. The van der Waals surface area contributed by atoms with Crippen LogP contribution in [0, 0.1) is 19.7 Å². The molecule has 0 aliphatic heterocycles. The Hall–Kier alpha value is -2.10. The fourth-order valence-corrected chi connectivity index (χ4v) is 5.68. The van der Waals surface area contributed by atoms with Crippen molar-refractivity contribution in [1.82, 2.24) is 19.9 Å². The summed E-state index contributed by atoms with van der Waals surface area (Å²) in [7, 11) is 0. The van der Waals surface area contributed by atoms with E-state index in [1.807, 2.05) is 24.6 Å². The Morgan fingerprint density at radius 1 is 0.812 bits per heavy atom. The van der Waals surface area contributed by atoms with Crippen molar-refractivity contribution in [2.24, 2.45) is 0 Å². The van der Waals surface area contributed by atoms with Gasteiger partial charge in [-0.3, -0.25) is 0 Å². The van der Waals surface area contributed by atoms with E-state index in [0.717, 1.165) is 37.1 Å². The predicted molar refractivity (Wildman–Crippen MR) is 133 cm³/mol. The minimum absolute atomic E-state index is 0.203. The molecular formula is C21H15Cl3FN5S2. The summed E-state index contributed by atoms with van der Waals surface area (Å²) in [5.74, 6) is 0.470. The zero-order chi connectivity index (χ0) is 22.8. The summed E-state index contributed by atoms with van der Waals surface area (Å²) in [5.41, 5.74) is 3.18. The molecule has 0 atom stereocenters. The first-order valence-corrected chi connectivity index (χ1v) is 12.2. The van der Waals surface area contributed by atoms with Gasteiger partial charge in [-0.25, -0.2) is 24.3 Å². The third kappa shape index (κ3) is 5.10. The molecule has 0 spiro atoms. The lowest BCUT2D eigenvalue weighted by atomic mass is 10.2. The molecule has 0 aliphatic rings. The fraction of sp³-hybridized carbons (Fsp3) is 0.143. The lowest BCUT2D eigenvalue weighted by molar-refractivity contribution is 0.627. The monoisotopic (exact) mass is 525 g/mol. The van der Waals surface area contributed by atoms with Gasteiger partial charge >= 0.3 is 0 Å². The van der Waals surface area contributed by atoms with Gasteiger partial charge in [0, 0.05) is 6.54 Å². The maximum atomic E-state index is 12.9. The largest absolute Gasteiger partial charge is 0.365 e. The van der Waals surface area contributed by atoms with Crippen molar-refractivity contribution < 1.29 is 4.39 Å². The topological polar surface area (TPSA) is 63.6 Å². The highest BCUT2D eigenvalue weighted by atomic mass is 35.5. The molecule has 5 nitrogen and oxygen atoms in total. The number of thiophene rings is 2. The van der Waals surface area contributed by atoms with Crippen molar-refractivity contribution >= 4 is 83.7 Å². The van der Waals surface area contributed by atoms with Crippen LogP contribution in [0.25, 0.3) is 20.4 Å². The number of nitrogens with one attached hydrogen (secondary N) is 1. The molecule has 0 saturated heterocycles. The average molecular weight is 527 g/mol. The van der Waals surface area contributed by atoms with Gasteiger partial charge in [-0.1, -0.05) is 23.7 Å². The van der Waals surface area contributed by atoms with Gasteiger partial charge in [0.1, 0.15) is 26.4 Å². The van der Waals surface area contributed by atoms with Crippen LogP contribution in [0.3, 0.4) is 0 Å². The minimum Gasteiger partial charge on any atom is -0.365 e. The molecule has 0 radical (unpaired) electrons. The summed E-state index contributed by atoms with van der Waals surface area (Å²) in [5, 5.41) is 10.0. The number of fused-ring (bicyclic) bond motifs is 2. The van der Waals surface area contributed by atoms with Crippen LogP contribution >= 0.6 is 57.5 Å². The van der Waals surface area contributed by atoms with E-state index in [1.54, 1.807) is 23.5 Å². The zero-order valence-corrected chi connectivity index (χ0v) is 20.7. The second-order valence-electron chi connectivity index (χ2n) is 6.80. The molecule has 1 N–H and O–H groups in total. The van der Waals surface area contributed by atoms with Crippen LogP contribution in [0.15, 0.2) is 35.0 Å². The molecule has 4 heterocycles. The number of nitrogens with zero attached hydrogens (tertiary/aromatic N) is 4. The number of anilines is 1. The van der Waals surface area contributed by atoms with Crippen LogP contribution in [0.1, 0.15) is 16.7 Å². The number of aromatic nitrogens is 4. The number of hydrogen-bond donors (Lipinski definition) is 1. The molecule has 0 unspecified atom stereocenters. The van der Waals surface area contributed by atoms with Crippen LogP contribution in [-0.4, -0.2) is 19.9 Å². The summed E-state index contributed by atoms with van der Waals surface area (Å²) >= 11 is 20.5. The van der Waals surface area contributed by atoms with Gasteiger partial charge in [0.05, 0.1) is 10.8 Å². The lowest BCUT2D eigenvalue weighted by Gasteiger charge is -2.08. The van der Waals surface area contributed by atoms with Crippen molar-refractivity contribution in [3.8, 4) is 0 Å². The molecule has 32 heavy (non-hydrogen) atoms.